The Bertz CT molecular complexity index is 966. The number of morpholine rings is 1. The summed E-state index contributed by atoms with van der Waals surface area (Å²) in [7, 11) is -3.04. The number of carbonyl (C=O) groups excluding carboxylic acids is 1. The van der Waals surface area contributed by atoms with E-state index in [-0.39, 0.29) is 23.5 Å². The first-order chi connectivity index (χ1) is 14.0. The summed E-state index contributed by atoms with van der Waals surface area (Å²) in [6.45, 7) is 5.37. The van der Waals surface area contributed by atoms with Crippen LogP contribution in [-0.4, -0.2) is 69.6 Å². The molecule has 2 fully saturated rings. The van der Waals surface area contributed by atoms with Gasteiger partial charge in [-0.1, -0.05) is 30.3 Å². The summed E-state index contributed by atoms with van der Waals surface area (Å²) in [6, 6.07) is 11.8. The van der Waals surface area contributed by atoms with E-state index in [4.69, 9.17) is 4.74 Å². The van der Waals surface area contributed by atoms with Crippen molar-refractivity contribution in [1.82, 2.24) is 4.90 Å². The predicted octanol–water partition coefficient (Wildman–Crippen LogP) is 2.90. The van der Waals surface area contributed by atoms with Gasteiger partial charge < -0.3 is 14.5 Å². The van der Waals surface area contributed by atoms with Gasteiger partial charge >= 0.3 is 0 Å². The third-order valence-electron chi connectivity index (χ3n) is 5.56. The van der Waals surface area contributed by atoms with Crippen molar-refractivity contribution in [1.29, 1.82) is 0 Å². The van der Waals surface area contributed by atoms with E-state index in [0.717, 1.165) is 29.2 Å². The molecule has 0 unspecified atom stereocenters. The van der Waals surface area contributed by atoms with Gasteiger partial charge in [0.2, 0.25) is 0 Å². The van der Waals surface area contributed by atoms with Gasteiger partial charge in [-0.3, -0.25) is 4.79 Å². The third-order valence-corrected chi connectivity index (χ3v) is 8.49. The van der Waals surface area contributed by atoms with Crippen LogP contribution in [0.1, 0.15) is 23.0 Å². The number of carbonyl (C=O) groups is 1. The second kappa shape index (κ2) is 8.45. The average molecular weight is 435 g/mol. The topological polar surface area (TPSA) is 66.9 Å². The lowest BCUT2D eigenvalue weighted by Crippen LogP contribution is -2.40. The van der Waals surface area contributed by atoms with E-state index in [1.807, 2.05) is 31.2 Å². The zero-order chi connectivity index (χ0) is 20.4. The lowest BCUT2D eigenvalue weighted by molar-refractivity contribution is 0.0713. The van der Waals surface area contributed by atoms with Crippen LogP contribution in [0.5, 0.6) is 0 Å². The average Bonchev–Trinajstić information content (AvgIpc) is 3.33. The van der Waals surface area contributed by atoms with E-state index >= 15 is 0 Å². The quantitative estimate of drug-likeness (QED) is 0.724. The van der Waals surface area contributed by atoms with Crippen molar-refractivity contribution in [2.45, 2.75) is 19.4 Å². The van der Waals surface area contributed by atoms with Gasteiger partial charge in [-0.05, 0) is 25.0 Å². The highest BCUT2D eigenvalue weighted by Crippen LogP contribution is 2.40. The summed E-state index contributed by atoms with van der Waals surface area (Å²) in [5, 5.41) is 1.08. The number of benzene rings is 1. The first-order valence-corrected chi connectivity index (χ1v) is 12.7. The van der Waals surface area contributed by atoms with Crippen LogP contribution >= 0.6 is 11.3 Å². The van der Waals surface area contributed by atoms with Crippen LogP contribution in [0.25, 0.3) is 11.1 Å². The molecular weight excluding hydrogens is 408 g/mol. The van der Waals surface area contributed by atoms with Crippen molar-refractivity contribution in [3.05, 3.63) is 41.3 Å². The van der Waals surface area contributed by atoms with E-state index in [2.05, 4.69) is 17.0 Å². The van der Waals surface area contributed by atoms with E-state index in [1.54, 1.807) is 4.90 Å². The van der Waals surface area contributed by atoms with Crippen LogP contribution in [0.2, 0.25) is 0 Å². The molecule has 2 saturated heterocycles. The largest absolute Gasteiger partial charge is 0.378 e. The number of nitrogens with zero attached hydrogens (tertiary/aromatic N) is 2. The summed E-state index contributed by atoms with van der Waals surface area (Å²) in [5.74, 6) is 0.163. The van der Waals surface area contributed by atoms with Gasteiger partial charge in [0.25, 0.3) is 5.91 Å². The predicted molar refractivity (Wildman–Crippen MR) is 117 cm³/mol. The zero-order valence-electron chi connectivity index (χ0n) is 16.5. The second-order valence-corrected chi connectivity index (χ2v) is 10.7. The lowest BCUT2D eigenvalue weighted by Gasteiger charge is -2.28. The minimum atomic E-state index is -3.04. The van der Waals surface area contributed by atoms with Crippen molar-refractivity contribution in [3.63, 3.8) is 0 Å². The molecule has 1 aromatic heterocycles. The Morgan fingerprint density at radius 3 is 2.59 bits per heavy atom. The number of anilines is 1. The molecule has 2 aliphatic rings. The van der Waals surface area contributed by atoms with Crippen LogP contribution in [0.15, 0.2) is 36.4 Å². The summed E-state index contributed by atoms with van der Waals surface area (Å²) in [4.78, 5) is 18.0. The highest BCUT2D eigenvalue weighted by Gasteiger charge is 2.35. The summed E-state index contributed by atoms with van der Waals surface area (Å²) < 4.78 is 29.3. The Balaban J connectivity index is 1.68. The number of sulfone groups is 1. The first kappa shape index (κ1) is 20.4. The second-order valence-electron chi connectivity index (χ2n) is 7.44. The first-order valence-electron chi connectivity index (χ1n) is 10.0. The number of rotatable bonds is 5. The Morgan fingerprint density at radius 2 is 1.97 bits per heavy atom. The van der Waals surface area contributed by atoms with Gasteiger partial charge in [0.15, 0.2) is 9.84 Å². The highest BCUT2D eigenvalue weighted by molar-refractivity contribution is 7.91. The Labute approximate surface area is 176 Å². The molecule has 8 heteroatoms. The molecule has 1 aromatic carbocycles. The smallest absolute Gasteiger partial charge is 0.264 e. The van der Waals surface area contributed by atoms with Crippen LogP contribution in [-0.2, 0) is 14.6 Å². The summed E-state index contributed by atoms with van der Waals surface area (Å²) in [5.41, 5.74) is 2.13. The standard InChI is InChI=1S/C21H26N2O4S2/c1-2-23(17-8-13-29(25,26)15-17)20(24)19-14-18(16-6-4-3-5-7-16)21(28-19)22-9-11-27-12-10-22/h3-7,14,17H,2,8-13,15H2,1H3/t17-/m1/s1. The van der Waals surface area contributed by atoms with E-state index in [9.17, 15) is 13.2 Å². The minimum Gasteiger partial charge on any atom is -0.378 e. The van der Waals surface area contributed by atoms with Crippen molar-refractivity contribution < 1.29 is 17.9 Å². The maximum Gasteiger partial charge on any atom is 0.264 e. The third kappa shape index (κ3) is 4.34. The molecule has 2 aromatic rings. The molecular formula is C21H26N2O4S2. The molecule has 4 rings (SSSR count). The molecule has 0 spiro atoms. The van der Waals surface area contributed by atoms with Crippen LogP contribution in [0.3, 0.4) is 0 Å². The highest BCUT2D eigenvalue weighted by atomic mass is 32.2. The molecule has 29 heavy (non-hydrogen) atoms. The van der Waals surface area contributed by atoms with E-state index in [1.165, 1.54) is 11.3 Å². The maximum absolute atomic E-state index is 13.4. The molecule has 0 saturated carbocycles. The normalized spacial score (nSPS) is 21.3. The van der Waals surface area contributed by atoms with Crippen LogP contribution in [0, 0.1) is 0 Å². The monoisotopic (exact) mass is 434 g/mol. The maximum atomic E-state index is 13.4. The molecule has 0 bridgehead atoms. The molecule has 6 nitrogen and oxygen atoms in total. The van der Waals surface area contributed by atoms with Gasteiger partial charge in [-0.2, -0.15) is 0 Å². The fraction of sp³-hybridized carbons (Fsp3) is 0.476. The van der Waals surface area contributed by atoms with Crippen molar-refractivity contribution >= 4 is 32.1 Å². The zero-order valence-corrected chi connectivity index (χ0v) is 18.2. The molecule has 3 heterocycles. The molecule has 0 N–H and O–H groups in total. The van der Waals surface area contributed by atoms with Gasteiger partial charge in [0.05, 0.1) is 34.6 Å². The van der Waals surface area contributed by atoms with Gasteiger partial charge in [-0.15, -0.1) is 11.3 Å². The van der Waals surface area contributed by atoms with Crippen molar-refractivity contribution in [3.8, 4) is 11.1 Å². The van der Waals surface area contributed by atoms with Crippen molar-refractivity contribution in [2.75, 3.05) is 49.3 Å². The van der Waals surface area contributed by atoms with Crippen molar-refractivity contribution in [2.24, 2.45) is 0 Å². The Kier molecular flexibility index (Phi) is 5.94. The molecule has 1 amide bonds. The van der Waals surface area contributed by atoms with Crippen LogP contribution < -0.4 is 4.90 Å². The molecule has 2 aliphatic heterocycles. The number of hydrogen-bond acceptors (Lipinski definition) is 6. The number of hydrogen-bond donors (Lipinski definition) is 0. The lowest BCUT2D eigenvalue weighted by atomic mass is 10.1. The van der Waals surface area contributed by atoms with Crippen LogP contribution in [0.4, 0.5) is 5.00 Å². The SMILES string of the molecule is CCN(C(=O)c1cc(-c2ccccc2)c(N2CCOCC2)s1)[C@@H]1CCS(=O)(=O)C1. The molecule has 156 valence electrons. The number of thiophene rings is 1. The summed E-state index contributed by atoms with van der Waals surface area (Å²) in [6.07, 6.45) is 0.523. The molecule has 0 radical (unpaired) electrons. The van der Waals surface area contributed by atoms with E-state index < -0.39 is 9.84 Å². The fourth-order valence-corrected chi connectivity index (χ4v) is 6.96. The van der Waals surface area contributed by atoms with Gasteiger partial charge in [-0.25, -0.2) is 8.42 Å². The minimum absolute atomic E-state index is 0.0693. The number of ether oxygens (including phenoxy) is 1. The molecule has 1 atom stereocenters. The van der Waals surface area contributed by atoms with Gasteiger partial charge in [0, 0.05) is 31.2 Å². The Morgan fingerprint density at radius 1 is 1.24 bits per heavy atom. The molecule has 0 aliphatic carbocycles. The Hall–Kier alpha value is -1.90. The number of amides is 1. The van der Waals surface area contributed by atoms with Gasteiger partial charge in [0.1, 0.15) is 0 Å². The fourth-order valence-electron chi connectivity index (χ4n) is 4.04. The summed E-state index contributed by atoms with van der Waals surface area (Å²) >= 11 is 1.50. The van der Waals surface area contributed by atoms with E-state index in [0.29, 0.717) is 31.1 Å².